The molecule has 0 atom stereocenters. The monoisotopic (exact) mass is 256 g/mol. The highest BCUT2D eigenvalue weighted by atomic mass is 32.3. The fourth-order valence-corrected chi connectivity index (χ4v) is 4.26. The molecule has 15 heavy (non-hydrogen) atoms. The van der Waals surface area contributed by atoms with E-state index in [1.807, 2.05) is 0 Å². The van der Waals surface area contributed by atoms with Crippen molar-refractivity contribution in [3.05, 3.63) is 0 Å². The van der Waals surface area contributed by atoms with Crippen molar-refractivity contribution in [3.8, 4) is 0 Å². The van der Waals surface area contributed by atoms with Gasteiger partial charge in [-0.3, -0.25) is 0 Å². The second-order valence-corrected chi connectivity index (χ2v) is 6.77. The number of hydrogen-bond acceptors (Lipinski definition) is 6. The summed E-state index contributed by atoms with van der Waals surface area (Å²) in [5.74, 6) is 0. The van der Waals surface area contributed by atoms with E-state index in [4.69, 9.17) is 0 Å². The molecule has 0 unspecified atom stereocenters. The first-order valence-electron chi connectivity index (χ1n) is 4.87. The minimum Gasteiger partial charge on any atom is -0.228 e. The first-order chi connectivity index (χ1) is 7.17. The van der Waals surface area contributed by atoms with E-state index in [0.717, 1.165) is 44.1 Å². The molecule has 1 fully saturated rings. The van der Waals surface area contributed by atoms with E-state index in [9.17, 15) is 8.42 Å². The minimum absolute atomic E-state index is 0.0823. The topological polar surface area (TPSA) is 61.8 Å². The molecule has 0 aromatic rings. The maximum absolute atomic E-state index is 11.8. The van der Waals surface area contributed by atoms with Crippen molar-refractivity contribution < 1.29 is 22.7 Å². The normalized spacial score (nSPS) is 19.3. The van der Waals surface area contributed by atoms with Gasteiger partial charge in [0.25, 0.3) is 0 Å². The molecule has 0 amide bonds. The SMILES string of the molecule is COOOSCS(=O)(=O)C1CCCCC1. The molecule has 0 aromatic heterocycles. The Bertz CT molecular complexity index is 258. The third-order valence-corrected chi connectivity index (χ3v) is 5.75. The van der Waals surface area contributed by atoms with E-state index < -0.39 is 9.84 Å². The smallest absolute Gasteiger partial charge is 0.164 e. The first kappa shape index (κ1) is 13.2. The lowest BCUT2D eigenvalue weighted by molar-refractivity contribution is -0.447. The van der Waals surface area contributed by atoms with E-state index in [2.05, 4.69) is 14.3 Å². The molecule has 0 N–H and O–H groups in total. The van der Waals surface area contributed by atoms with Crippen molar-refractivity contribution in [1.82, 2.24) is 0 Å². The Kier molecular flexibility index (Phi) is 5.91. The fourth-order valence-electron chi connectivity index (χ4n) is 1.65. The molecular weight excluding hydrogens is 240 g/mol. The van der Waals surface area contributed by atoms with Gasteiger partial charge in [-0.25, -0.2) is 13.3 Å². The largest absolute Gasteiger partial charge is 0.228 e. The van der Waals surface area contributed by atoms with E-state index in [1.54, 1.807) is 0 Å². The molecule has 0 aliphatic heterocycles. The van der Waals surface area contributed by atoms with E-state index in [0.29, 0.717) is 0 Å². The lowest BCUT2D eigenvalue weighted by Gasteiger charge is -2.20. The highest BCUT2D eigenvalue weighted by Gasteiger charge is 2.27. The molecule has 5 nitrogen and oxygen atoms in total. The fraction of sp³-hybridized carbons (Fsp3) is 1.00. The number of rotatable bonds is 6. The van der Waals surface area contributed by atoms with Gasteiger partial charge >= 0.3 is 0 Å². The van der Waals surface area contributed by atoms with Crippen molar-refractivity contribution >= 4 is 21.9 Å². The summed E-state index contributed by atoms with van der Waals surface area (Å²) in [4.78, 5) is 4.16. The first-order valence-corrected chi connectivity index (χ1v) is 7.50. The quantitative estimate of drug-likeness (QED) is 0.313. The Balaban J connectivity index is 2.30. The van der Waals surface area contributed by atoms with Crippen molar-refractivity contribution in [3.63, 3.8) is 0 Å². The van der Waals surface area contributed by atoms with Gasteiger partial charge in [0.15, 0.2) is 9.84 Å². The zero-order valence-electron chi connectivity index (χ0n) is 8.68. The Labute approximate surface area is 94.4 Å². The summed E-state index contributed by atoms with van der Waals surface area (Å²) >= 11 is 0.743. The lowest BCUT2D eigenvalue weighted by Crippen LogP contribution is -2.25. The maximum Gasteiger partial charge on any atom is 0.164 e. The summed E-state index contributed by atoms with van der Waals surface area (Å²) in [6.45, 7) is 0. The average Bonchev–Trinajstić information content (AvgIpc) is 2.26. The van der Waals surface area contributed by atoms with Crippen molar-refractivity contribution in [2.24, 2.45) is 0 Å². The Morgan fingerprint density at radius 1 is 1.27 bits per heavy atom. The van der Waals surface area contributed by atoms with Gasteiger partial charge in [-0.05, 0) is 12.8 Å². The highest BCUT2D eigenvalue weighted by Crippen LogP contribution is 2.26. The van der Waals surface area contributed by atoms with Crippen LogP contribution in [0.1, 0.15) is 32.1 Å². The summed E-state index contributed by atoms with van der Waals surface area (Å²) in [5.41, 5.74) is 0. The summed E-state index contributed by atoms with van der Waals surface area (Å²) in [6.07, 6.45) is 4.69. The van der Waals surface area contributed by atoms with Gasteiger partial charge in [-0.1, -0.05) is 24.3 Å². The summed E-state index contributed by atoms with van der Waals surface area (Å²) in [7, 11) is -1.77. The van der Waals surface area contributed by atoms with Crippen LogP contribution in [0.2, 0.25) is 0 Å². The molecule has 1 rings (SSSR count). The standard InChI is InChI=1S/C8H16O5S2/c1-11-12-13-14-7-15(9,10)8-5-3-2-4-6-8/h8H,2-7H2,1H3. The van der Waals surface area contributed by atoms with Crippen molar-refractivity contribution in [1.29, 1.82) is 0 Å². The van der Waals surface area contributed by atoms with Crippen LogP contribution in [0.25, 0.3) is 0 Å². The zero-order valence-corrected chi connectivity index (χ0v) is 10.3. The number of sulfone groups is 1. The van der Waals surface area contributed by atoms with Crippen LogP contribution in [0.15, 0.2) is 0 Å². The van der Waals surface area contributed by atoms with Crippen molar-refractivity contribution in [2.75, 3.05) is 12.2 Å². The van der Waals surface area contributed by atoms with Gasteiger partial charge in [0.2, 0.25) is 0 Å². The van der Waals surface area contributed by atoms with Gasteiger partial charge < -0.3 is 0 Å². The Morgan fingerprint density at radius 2 is 1.93 bits per heavy atom. The number of hydrogen-bond donors (Lipinski definition) is 0. The van der Waals surface area contributed by atoms with Gasteiger partial charge in [-0.15, -0.1) is 4.33 Å². The lowest BCUT2D eigenvalue weighted by atomic mass is 10.0. The van der Waals surface area contributed by atoms with Crippen LogP contribution in [-0.4, -0.2) is 25.9 Å². The maximum atomic E-state index is 11.8. The van der Waals surface area contributed by atoms with E-state index in [1.165, 1.54) is 7.11 Å². The third-order valence-electron chi connectivity index (χ3n) is 2.42. The van der Waals surface area contributed by atoms with Gasteiger partial charge in [-0.2, -0.15) is 0 Å². The van der Waals surface area contributed by atoms with Crippen LogP contribution in [-0.2, 0) is 24.1 Å². The molecule has 7 heteroatoms. The predicted molar refractivity (Wildman–Crippen MR) is 57.4 cm³/mol. The molecule has 90 valence electrons. The van der Waals surface area contributed by atoms with Gasteiger partial charge in [0.05, 0.1) is 24.4 Å². The van der Waals surface area contributed by atoms with Gasteiger partial charge in [0.1, 0.15) is 5.08 Å². The summed E-state index contributed by atoms with van der Waals surface area (Å²) < 4.78 is 27.9. The molecule has 0 radical (unpaired) electrons. The molecule has 0 bridgehead atoms. The Hall–Kier alpha value is 0.180. The van der Waals surface area contributed by atoms with Crippen molar-refractivity contribution in [2.45, 2.75) is 37.4 Å². The molecule has 0 spiro atoms. The van der Waals surface area contributed by atoms with E-state index >= 15 is 0 Å². The second-order valence-electron chi connectivity index (χ2n) is 3.46. The van der Waals surface area contributed by atoms with Crippen LogP contribution in [0.5, 0.6) is 0 Å². The van der Waals surface area contributed by atoms with Crippen LogP contribution in [0.4, 0.5) is 0 Å². The Morgan fingerprint density at radius 3 is 2.53 bits per heavy atom. The van der Waals surface area contributed by atoms with Crippen LogP contribution < -0.4 is 0 Å². The molecule has 1 aliphatic carbocycles. The molecular formula is C8H16O5S2. The van der Waals surface area contributed by atoms with Crippen LogP contribution in [0.3, 0.4) is 0 Å². The third kappa shape index (κ3) is 4.69. The molecule has 1 aliphatic rings. The summed E-state index contributed by atoms with van der Waals surface area (Å²) in [5, 5.41) is 3.83. The van der Waals surface area contributed by atoms with Crippen LogP contribution in [0, 0.1) is 0 Å². The average molecular weight is 256 g/mol. The minimum atomic E-state index is -3.06. The highest BCUT2D eigenvalue weighted by molar-refractivity contribution is 8.10. The molecule has 0 saturated heterocycles. The predicted octanol–water partition coefficient (Wildman–Crippen LogP) is 1.85. The van der Waals surface area contributed by atoms with Crippen LogP contribution >= 0.6 is 12.0 Å². The summed E-state index contributed by atoms with van der Waals surface area (Å²) in [6, 6.07) is 0. The second kappa shape index (κ2) is 6.70. The molecule has 1 saturated carbocycles. The van der Waals surface area contributed by atoms with E-state index in [-0.39, 0.29) is 10.3 Å². The van der Waals surface area contributed by atoms with Gasteiger partial charge in [0, 0.05) is 0 Å². The molecule has 0 aromatic carbocycles. The molecule has 0 heterocycles. The zero-order chi connectivity index (χ0) is 11.1.